The van der Waals surface area contributed by atoms with Crippen LogP contribution < -0.4 is 4.74 Å². The molecule has 0 bridgehead atoms. The van der Waals surface area contributed by atoms with Crippen LogP contribution in [0.5, 0.6) is 5.75 Å². The molecule has 0 aromatic heterocycles. The van der Waals surface area contributed by atoms with Crippen LogP contribution >= 0.6 is 0 Å². The lowest BCUT2D eigenvalue weighted by atomic mass is 9.87. The van der Waals surface area contributed by atoms with Crippen molar-refractivity contribution >= 4 is 5.76 Å². The Morgan fingerprint density at radius 1 is 0.958 bits per heavy atom. The Morgan fingerprint density at radius 2 is 1.67 bits per heavy atom. The molecule has 0 amide bonds. The number of para-hydroxylation sites is 1. The van der Waals surface area contributed by atoms with Gasteiger partial charge in [0.1, 0.15) is 11.5 Å². The van der Waals surface area contributed by atoms with Crippen LogP contribution in [0.15, 0.2) is 60.2 Å². The van der Waals surface area contributed by atoms with Gasteiger partial charge in [0.15, 0.2) is 0 Å². The monoisotopic (exact) mass is 321 g/mol. The molecule has 4 rings (SSSR count). The Kier molecular flexibility index (Phi) is 4.37. The zero-order valence-electron chi connectivity index (χ0n) is 14.1. The highest BCUT2D eigenvalue weighted by Crippen LogP contribution is 2.42. The number of benzene rings is 2. The first kappa shape index (κ1) is 15.4. The van der Waals surface area contributed by atoms with Gasteiger partial charge >= 0.3 is 0 Å². The van der Waals surface area contributed by atoms with E-state index in [2.05, 4.69) is 54.3 Å². The summed E-state index contributed by atoms with van der Waals surface area (Å²) in [5, 5.41) is 0. The number of fused-ring (bicyclic) bond motifs is 1. The Morgan fingerprint density at radius 3 is 2.46 bits per heavy atom. The second-order valence-corrected chi connectivity index (χ2v) is 6.47. The molecule has 1 fully saturated rings. The number of rotatable bonds is 3. The summed E-state index contributed by atoms with van der Waals surface area (Å²) in [6.45, 7) is 6.84. The van der Waals surface area contributed by atoms with Crippen molar-refractivity contribution in [2.75, 3.05) is 32.8 Å². The minimum atomic E-state index is 0.355. The summed E-state index contributed by atoms with van der Waals surface area (Å²) in [6.07, 6.45) is 0. The summed E-state index contributed by atoms with van der Waals surface area (Å²) in [6, 6.07) is 18.9. The molecule has 0 spiro atoms. The molecule has 2 aromatic carbocycles. The van der Waals surface area contributed by atoms with Gasteiger partial charge in [-0.3, -0.25) is 4.90 Å². The summed E-state index contributed by atoms with van der Waals surface area (Å²) < 4.78 is 11.9. The molecule has 0 saturated carbocycles. The van der Waals surface area contributed by atoms with E-state index in [9.17, 15) is 0 Å². The van der Waals surface area contributed by atoms with Crippen molar-refractivity contribution in [2.45, 2.75) is 12.8 Å². The number of hydrogen-bond donors (Lipinski definition) is 0. The maximum absolute atomic E-state index is 6.36. The van der Waals surface area contributed by atoms with E-state index in [1.807, 2.05) is 12.1 Å². The Bertz CT molecular complexity index is 733. The third-order valence-corrected chi connectivity index (χ3v) is 4.95. The maximum Gasteiger partial charge on any atom is 0.135 e. The number of hydrogen-bond acceptors (Lipinski definition) is 3. The minimum Gasteiger partial charge on any atom is -0.456 e. The molecule has 24 heavy (non-hydrogen) atoms. The molecule has 2 aliphatic heterocycles. The maximum atomic E-state index is 6.36. The fourth-order valence-corrected chi connectivity index (χ4v) is 3.53. The molecule has 0 aliphatic carbocycles. The molecule has 2 aliphatic rings. The van der Waals surface area contributed by atoms with Gasteiger partial charge in [0.05, 0.1) is 13.2 Å². The molecule has 2 heterocycles. The fraction of sp³-hybridized carbons (Fsp3) is 0.333. The summed E-state index contributed by atoms with van der Waals surface area (Å²) in [4.78, 5) is 2.47. The number of morpholine rings is 1. The first-order valence-electron chi connectivity index (χ1n) is 8.68. The summed E-state index contributed by atoms with van der Waals surface area (Å²) in [7, 11) is 0. The van der Waals surface area contributed by atoms with Crippen LogP contribution in [-0.2, 0) is 4.74 Å². The van der Waals surface area contributed by atoms with Crippen LogP contribution in [-0.4, -0.2) is 37.7 Å². The quantitative estimate of drug-likeness (QED) is 0.855. The first-order valence-corrected chi connectivity index (χ1v) is 8.68. The van der Waals surface area contributed by atoms with Crippen LogP contribution in [0.4, 0.5) is 0 Å². The molecule has 1 saturated heterocycles. The van der Waals surface area contributed by atoms with Crippen molar-refractivity contribution in [1.82, 2.24) is 4.90 Å². The second kappa shape index (κ2) is 6.80. The van der Waals surface area contributed by atoms with Gasteiger partial charge in [-0.15, -0.1) is 0 Å². The van der Waals surface area contributed by atoms with E-state index in [1.165, 1.54) is 11.1 Å². The van der Waals surface area contributed by atoms with Crippen LogP contribution in [0.3, 0.4) is 0 Å². The largest absolute Gasteiger partial charge is 0.456 e. The Labute approximate surface area is 143 Å². The lowest BCUT2D eigenvalue weighted by Crippen LogP contribution is -2.38. The van der Waals surface area contributed by atoms with Gasteiger partial charge < -0.3 is 9.47 Å². The Hall–Kier alpha value is -2.10. The highest BCUT2D eigenvalue weighted by molar-refractivity contribution is 5.70. The van der Waals surface area contributed by atoms with Crippen LogP contribution in [0.2, 0.25) is 0 Å². The van der Waals surface area contributed by atoms with E-state index in [0.29, 0.717) is 5.92 Å². The van der Waals surface area contributed by atoms with E-state index in [4.69, 9.17) is 9.47 Å². The molecule has 124 valence electrons. The molecular weight excluding hydrogens is 298 g/mol. The lowest BCUT2D eigenvalue weighted by molar-refractivity contribution is 0.0416. The SMILES string of the molecule is C[C@H]1C(CN2CCOCC2)=C(c2ccccc2)Oc2ccccc21. The molecule has 3 heteroatoms. The molecular formula is C21H23NO2. The smallest absolute Gasteiger partial charge is 0.135 e. The van der Waals surface area contributed by atoms with Gasteiger partial charge in [0.25, 0.3) is 0 Å². The second-order valence-electron chi connectivity index (χ2n) is 6.47. The van der Waals surface area contributed by atoms with E-state index >= 15 is 0 Å². The Balaban J connectivity index is 1.74. The van der Waals surface area contributed by atoms with Crippen LogP contribution in [0.1, 0.15) is 24.0 Å². The lowest BCUT2D eigenvalue weighted by Gasteiger charge is -2.34. The van der Waals surface area contributed by atoms with Gasteiger partial charge in [0.2, 0.25) is 0 Å². The van der Waals surface area contributed by atoms with E-state index in [-0.39, 0.29) is 0 Å². The third kappa shape index (κ3) is 2.97. The van der Waals surface area contributed by atoms with Crippen molar-refractivity contribution in [1.29, 1.82) is 0 Å². The number of ether oxygens (including phenoxy) is 2. The van der Waals surface area contributed by atoms with Gasteiger partial charge in [-0.25, -0.2) is 0 Å². The van der Waals surface area contributed by atoms with Crippen molar-refractivity contribution in [3.63, 3.8) is 0 Å². The van der Waals surface area contributed by atoms with E-state index < -0.39 is 0 Å². The highest BCUT2D eigenvalue weighted by Gasteiger charge is 2.28. The zero-order chi connectivity index (χ0) is 16.4. The average molecular weight is 321 g/mol. The standard InChI is InChI=1S/C21H23NO2/c1-16-18-9-5-6-10-20(18)24-21(17-7-3-2-4-8-17)19(16)15-22-11-13-23-14-12-22/h2-10,16H,11-15H2,1H3/t16-/m1/s1. The minimum absolute atomic E-state index is 0.355. The first-order chi connectivity index (χ1) is 11.8. The molecule has 0 N–H and O–H groups in total. The fourth-order valence-electron chi connectivity index (χ4n) is 3.53. The van der Waals surface area contributed by atoms with Gasteiger partial charge in [-0.2, -0.15) is 0 Å². The topological polar surface area (TPSA) is 21.7 Å². The van der Waals surface area contributed by atoms with Crippen molar-refractivity contribution in [2.24, 2.45) is 0 Å². The van der Waals surface area contributed by atoms with Gasteiger partial charge in [0, 0.05) is 36.7 Å². The van der Waals surface area contributed by atoms with Crippen molar-refractivity contribution in [3.8, 4) is 5.75 Å². The molecule has 0 unspecified atom stereocenters. The van der Waals surface area contributed by atoms with Crippen LogP contribution in [0.25, 0.3) is 5.76 Å². The average Bonchev–Trinajstić information content (AvgIpc) is 2.65. The van der Waals surface area contributed by atoms with Crippen LogP contribution in [0, 0.1) is 0 Å². The normalized spacial score (nSPS) is 21.3. The number of nitrogens with zero attached hydrogens (tertiary/aromatic N) is 1. The molecule has 1 atom stereocenters. The third-order valence-electron chi connectivity index (χ3n) is 4.95. The molecule has 0 radical (unpaired) electrons. The zero-order valence-corrected chi connectivity index (χ0v) is 14.1. The van der Waals surface area contributed by atoms with Crippen molar-refractivity contribution < 1.29 is 9.47 Å². The highest BCUT2D eigenvalue weighted by atomic mass is 16.5. The molecule has 2 aromatic rings. The molecule has 3 nitrogen and oxygen atoms in total. The summed E-state index contributed by atoms with van der Waals surface area (Å²) >= 11 is 0. The summed E-state index contributed by atoms with van der Waals surface area (Å²) in [5.74, 6) is 2.36. The van der Waals surface area contributed by atoms with E-state index in [1.54, 1.807) is 0 Å². The predicted octanol–water partition coefficient (Wildman–Crippen LogP) is 3.93. The van der Waals surface area contributed by atoms with Gasteiger partial charge in [-0.1, -0.05) is 55.5 Å². The summed E-state index contributed by atoms with van der Waals surface area (Å²) in [5.41, 5.74) is 3.80. The predicted molar refractivity (Wildman–Crippen MR) is 96.1 cm³/mol. The van der Waals surface area contributed by atoms with Crippen molar-refractivity contribution in [3.05, 3.63) is 71.3 Å². The van der Waals surface area contributed by atoms with Gasteiger partial charge in [-0.05, 0) is 11.6 Å². The van der Waals surface area contributed by atoms with E-state index in [0.717, 1.165) is 49.9 Å².